The number of hydrogen-bond acceptors (Lipinski definition) is 2. The summed E-state index contributed by atoms with van der Waals surface area (Å²) in [5.74, 6) is -0.976. The Bertz CT molecular complexity index is 203. The summed E-state index contributed by atoms with van der Waals surface area (Å²) >= 11 is 0. The molecule has 0 saturated carbocycles. The molecule has 0 aromatic carbocycles. The number of aliphatic carboxylic acids is 1. The van der Waals surface area contributed by atoms with Crippen molar-refractivity contribution in [3.05, 3.63) is 29.9 Å². The van der Waals surface area contributed by atoms with Crippen molar-refractivity contribution in [2.75, 3.05) is 0 Å². The van der Waals surface area contributed by atoms with E-state index < -0.39 is 5.97 Å². The third-order valence-electron chi connectivity index (χ3n) is 1.23. The van der Waals surface area contributed by atoms with E-state index >= 15 is 0 Å². The maximum Gasteiger partial charge on any atom is 0.331 e. The molecular formula is C7H7O3. The van der Waals surface area contributed by atoms with E-state index in [0.717, 1.165) is 0 Å². The first-order valence-corrected chi connectivity index (χ1v) is 2.85. The van der Waals surface area contributed by atoms with Crippen molar-refractivity contribution in [2.24, 2.45) is 0 Å². The molecule has 0 heterocycles. The van der Waals surface area contributed by atoms with Crippen molar-refractivity contribution in [1.82, 2.24) is 0 Å². The van der Waals surface area contributed by atoms with Gasteiger partial charge in [-0.25, -0.2) is 4.79 Å². The standard InChI is InChI=1S/C7H7O3/c8-6-3-1-2-5(4-6)7(9)10/h1-3,8H,4H2,(H,9,10). The Hall–Kier alpha value is -1.09. The van der Waals surface area contributed by atoms with Crippen LogP contribution >= 0.6 is 0 Å². The maximum absolute atomic E-state index is 10.3. The second kappa shape index (κ2) is 2.66. The Kier molecular flexibility index (Phi) is 1.87. The largest absolute Gasteiger partial charge is 0.478 e. The number of allylic oxidation sites excluding steroid dienone is 2. The first-order valence-electron chi connectivity index (χ1n) is 2.85. The molecule has 0 spiro atoms. The van der Waals surface area contributed by atoms with Crippen LogP contribution in [0.15, 0.2) is 23.8 Å². The van der Waals surface area contributed by atoms with Gasteiger partial charge in [-0.15, -0.1) is 0 Å². The minimum Gasteiger partial charge on any atom is -0.478 e. The summed E-state index contributed by atoms with van der Waals surface area (Å²) < 4.78 is 0. The van der Waals surface area contributed by atoms with E-state index in [1.807, 2.05) is 0 Å². The van der Waals surface area contributed by atoms with Crippen LogP contribution in [0.4, 0.5) is 0 Å². The molecule has 1 radical (unpaired) electrons. The summed E-state index contributed by atoms with van der Waals surface area (Å²) in [5, 5.41) is 17.3. The summed E-state index contributed by atoms with van der Waals surface area (Å²) in [5.41, 5.74) is 0.222. The number of carboxylic acids is 1. The molecule has 1 aliphatic carbocycles. The molecule has 3 nitrogen and oxygen atoms in total. The fourth-order valence-electron chi connectivity index (χ4n) is 0.735. The van der Waals surface area contributed by atoms with Gasteiger partial charge in [0.25, 0.3) is 0 Å². The van der Waals surface area contributed by atoms with Gasteiger partial charge in [-0.1, -0.05) is 12.2 Å². The van der Waals surface area contributed by atoms with Gasteiger partial charge in [0.05, 0.1) is 0 Å². The van der Waals surface area contributed by atoms with Crippen molar-refractivity contribution < 1.29 is 15.0 Å². The van der Waals surface area contributed by atoms with Gasteiger partial charge in [0.1, 0.15) is 6.10 Å². The predicted molar refractivity (Wildman–Crippen MR) is 34.7 cm³/mol. The van der Waals surface area contributed by atoms with Crippen molar-refractivity contribution in [3.8, 4) is 0 Å². The average molecular weight is 139 g/mol. The molecule has 1 aliphatic rings. The van der Waals surface area contributed by atoms with Crippen LogP contribution in [0, 0.1) is 6.10 Å². The summed E-state index contributed by atoms with van der Waals surface area (Å²) in [7, 11) is 0. The zero-order chi connectivity index (χ0) is 7.56. The highest BCUT2D eigenvalue weighted by Gasteiger charge is 2.13. The van der Waals surface area contributed by atoms with Gasteiger partial charge >= 0.3 is 5.97 Å². The number of carbonyl (C=O) groups is 1. The van der Waals surface area contributed by atoms with Gasteiger partial charge in [-0.05, 0) is 6.08 Å². The van der Waals surface area contributed by atoms with E-state index in [9.17, 15) is 4.79 Å². The van der Waals surface area contributed by atoms with E-state index in [-0.39, 0.29) is 18.1 Å². The van der Waals surface area contributed by atoms with Crippen molar-refractivity contribution in [2.45, 2.75) is 6.42 Å². The molecule has 2 N–H and O–H groups in total. The zero-order valence-corrected chi connectivity index (χ0v) is 5.24. The van der Waals surface area contributed by atoms with Gasteiger partial charge in [0, 0.05) is 12.0 Å². The molecule has 0 fully saturated rings. The second-order valence-electron chi connectivity index (χ2n) is 2.02. The van der Waals surface area contributed by atoms with Crippen LogP contribution in [0.1, 0.15) is 6.42 Å². The highest BCUT2D eigenvalue weighted by atomic mass is 16.4. The highest BCUT2D eigenvalue weighted by molar-refractivity contribution is 5.87. The van der Waals surface area contributed by atoms with E-state index in [1.165, 1.54) is 18.2 Å². The smallest absolute Gasteiger partial charge is 0.331 e. The normalized spacial score (nSPS) is 18.7. The van der Waals surface area contributed by atoms with E-state index in [1.54, 1.807) is 0 Å². The number of rotatable bonds is 1. The number of carboxylic acid groups (broad SMARTS) is 1. The summed E-state index contributed by atoms with van der Waals surface area (Å²) in [6, 6.07) is 0. The lowest BCUT2D eigenvalue weighted by Gasteiger charge is -2.07. The van der Waals surface area contributed by atoms with Gasteiger partial charge in [0.15, 0.2) is 0 Å². The molecule has 10 heavy (non-hydrogen) atoms. The summed E-state index contributed by atoms with van der Waals surface area (Å²) in [6.45, 7) is 0. The lowest BCUT2D eigenvalue weighted by molar-refractivity contribution is -0.132. The third-order valence-corrected chi connectivity index (χ3v) is 1.23. The first kappa shape index (κ1) is 7.02. The quantitative estimate of drug-likeness (QED) is 0.566. The molecular weight excluding hydrogens is 132 g/mol. The molecule has 0 saturated heterocycles. The van der Waals surface area contributed by atoms with Crippen LogP contribution in [0.5, 0.6) is 0 Å². The summed E-state index contributed by atoms with van der Waals surface area (Å²) in [6.07, 6.45) is 4.70. The van der Waals surface area contributed by atoms with Gasteiger partial charge in [0.2, 0.25) is 0 Å². The van der Waals surface area contributed by atoms with Crippen LogP contribution in [0.25, 0.3) is 0 Å². The summed E-state index contributed by atoms with van der Waals surface area (Å²) in [4.78, 5) is 10.3. The maximum atomic E-state index is 10.3. The minimum absolute atomic E-state index is 0.0971. The fraction of sp³-hybridized carbons (Fsp3) is 0.143. The second-order valence-corrected chi connectivity index (χ2v) is 2.02. The SMILES string of the molecule is O=C(O)C1=CC=C[C](O)C1. The van der Waals surface area contributed by atoms with Gasteiger partial charge < -0.3 is 10.2 Å². The molecule has 0 aromatic rings. The molecule has 0 aromatic heterocycles. The van der Waals surface area contributed by atoms with Crippen LogP contribution in [-0.2, 0) is 4.79 Å². The first-order chi connectivity index (χ1) is 4.70. The monoisotopic (exact) mass is 139 g/mol. The Morgan fingerprint density at radius 3 is 2.70 bits per heavy atom. The molecule has 0 atom stereocenters. The van der Waals surface area contributed by atoms with E-state index in [4.69, 9.17) is 10.2 Å². The number of aliphatic hydroxyl groups excluding tert-OH is 1. The predicted octanol–water partition coefficient (Wildman–Crippen LogP) is 0.862. The molecule has 0 unspecified atom stereocenters. The Morgan fingerprint density at radius 2 is 2.30 bits per heavy atom. The highest BCUT2D eigenvalue weighted by Crippen LogP contribution is 2.17. The van der Waals surface area contributed by atoms with Crippen LogP contribution in [0.2, 0.25) is 0 Å². The Morgan fingerprint density at radius 1 is 1.60 bits per heavy atom. The van der Waals surface area contributed by atoms with E-state index in [0.29, 0.717) is 0 Å². The van der Waals surface area contributed by atoms with Crippen molar-refractivity contribution >= 4 is 5.97 Å². The number of hydrogen-bond donors (Lipinski definition) is 2. The van der Waals surface area contributed by atoms with Gasteiger partial charge in [-0.3, -0.25) is 0 Å². The zero-order valence-electron chi connectivity index (χ0n) is 5.24. The molecule has 3 heteroatoms. The van der Waals surface area contributed by atoms with Crippen molar-refractivity contribution in [1.29, 1.82) is 0 Å². The van der Waals surface area contributed by atoms with Crippen LogP contribution in [-0.4, -0.2) is 16.2 Å². The van der Waals surface area contributed by atoms with Crippen LogP contribution in [0.3, 0.4) is 0 Å². The third kappa shape index (κ3) is 1.45. The molecule has 0 aliphatic heterocycles. The molecule has 0 bridgehead atoms. The van der Waals surface area contributed by atoms with Crippen LogP contribution < -0.4 is 0 Å². The minimum atomic E-state index is -0.976. The van der Waals surface area contributed by atoms with Crippen molar-refractivity contribution in [3.63, 3.8) is 0 Å². The lowest BCUT2D eigenvalue weighted by Crippen LogP contribution is -2.06. The fourth-order valence-corrected chi connectivity index (χ4v) is 0.735. The number of aliphatic hydroxyl groups is 1. The molecule has 1 rings (SSSR count). The topological polar surface area (TPSA) is 57.5 Å². The van der Waals surface area contributed by atoms with Gasteiger partial charge in [-0.2, -0.15) is 0 Å². The molecule has 53 valence electrons. The lowest BCUT2D eigenvalue weighted by atomic mass is 10.0. The average Bonchev–Trinajstić information content (AvgIpc) is 1.88. The Labute approximate surface area is 58.3 Å². The molecule has 0 amide bonds. The van der Waals surface area contributed by atoms with E-state index in [2.05, 4.69) is 0 Å². The Balaban J connectivity index is 2.71.